The van der Waals surface area contributed by atoms with Crippen LogP contribution in [0.15, 0.2) is 48.5 Å². The van der Waals surface area contributed by atoms with Gasteiger partial charge < -0.3 is 5.32 Å². The van der Waals surface area contributed by atoms with Gasteiger partial charge >= 0.3 is 0 Å². The lowest BCUT2D eigenvalue weighted by atomic mass is 10.1. The summed E-state index contributed by atoms with van der Waals surface area (Å²) in [6, 6.07) is 16.4. The Morgan fingerprint density at radius 3 is 2.19 bits per heavy atom. The fraction of sp³-hybridized carbons (Fsp3) is 0.273. The van der Waals surface area contributed by atoms with Crippen molar-refractivity contribution < 1.29 is 4.79 Å². The summed E-state index contributed by atoms with van der Waals surface area (Å²) in [4.78, 5) is 12.2. The molecular formula is C22H25N3O. The van der Waals surface area contributed by atoms with Crippen LogP contribution in [-0.2, 0) is 11.2 Å². The first-order valence-electron chi connectivity index (χ1n) is 8.91. The van der Waals surface area contributed by atoms with Crippen LogP contribution < -0.4 is 5.32 Å². The highest BCUT2D eigenvalue weighted by molar-refractivity contribution is 5.91. The van der Waals surface area contributed by atoms with E-state index in [2.05, 4.69) is 46.8 Å². The van der Waals surface area contributed by atoms with E-state index in [1.165, 1.54) is 0 Å². The van der Waals surface area contributed by atoms with Crippen molar-refractivity contribution in [2.75, 3.05) is 5.32 Å². The first-order valence-corrected chi connectivity index (χ1v) is 8.91. The Kier molecular flexibility index (Phi) is 5.21. The maximum Gasteiger partial charge on any atom is 0.224 e. The van der Waals surface area contributed by atoms with Crippen LogP contribution in [0.4, 0.5) is 5.69 Å². The predicted molar refractivity (Wildman–Crippen MR) is 106 cm³/mol. The van der Waals surface area contributed by atoms with Crippen LogP contribution in [0.25, 0.3) is 5.69 Å². The lowest BCUT2D eigenvalue weighted by Crippen LogP contribution is -2.12. The molecule has 0 fully saturated rings. The van der Waals surface area contributed by atoms with E-state index in [-0.39, 0.29) is 5.91 Å². The average molecular weight is 347 g/mol. The standard InChI is InChI=1S/C22H25N3O/c1-15-11-16(2)13-20(12-15)23-22(26)10-7-19-5-8-21(9-6-19)25-18(4)14-17(3)24-25/h5-6,8-9,11-14H,7,10H2,1-4H3,(H,23,26). The molecule has 1 N–H and O–H groups in total. The van der Waals surface area contributed by atoms with Gasteiger partial charge in [-0.2, -0.15) is 5.10 Å². The van der Waals surface area contributed by atoms with Crippen LogP contribution in [0.3, 0.4) is 0 Å². The van der Waals surface area contributed by atoms with Crippen molar-refractivity contribution >= 4 is 11.6 Å². The second-order valence-electron chi connectivity index (χ2n) is 6.93. The van der Waals surface area contributed by atoms with E-state index in [4.69, 9.17) is 0 Å². The van der Waals surface area contributed by atoms with Crippen molar-refractivity contribution in [1.82, 2.24) is 9.78 Å². The van der Waals surface area contributed by atoms with Gasteiger partial charge in [0.25, 0.3) is 0 Å². The quantitative estimate of drug-likeness (QED) is 0.728. The van der Waals surface area contributed by atoms with E-state index < -0.39 is 0 Å². The van der Waals surface area contributed by atoms with Gasteiger partial charge in [0, 0.05) is 17.8 Å². The normalized spacial score (nSPS) is 10.8. The minimum absolute atomic E-state index is 0.0395. The molecule has 0 saturated heterocycles. The highest BCUT2D eigenvalue weighted by Gasteiger charge is 2.06. The van der Waals surface area contributed by atoms with Crippen LogP contribution in [0.2, 0.25) is 0 Å². The van der Waals surface area contributed by atoms with Gasteiger partial charge in [-0.1, -0.05) is 18.2 Å². The molecule has 0 aliphatic heterocycles. The van der Waals surface area contributed by atoms with E-state index in [1.807, 2.05) is 44.5 Å². The van der Waals surface area contributed by atoms with Gasteiger partial charge in [0.1, 0.15) is 0 Å². The highest BCUT2D eigenvalue weighted by atomic mass is 16.1. The van der Waals surface area contributed by atoms with Gasteiger partial charge in [0.15, 0.2) is 0 Å². The van der Waals surface area contributed by atoms with Gasteiger partial charge in [0.05, 0.1) is 11.4 Å². The Hall–Kier alpha value is -2.88. The van der Waals surface area contributed by atoms with Crippen molar-refractivity contribution in [3.05, 3.63) is 76.6 Å². The molecule has 0 bridgehead atoms. The molecule has 4 heteroatoms. The number of nitrogens with one attached hydrogen (secondary N) is 1. The second-order valence-corrected chi connectivity index (χ2v) is 6.93. The van der Waals surface area contributed by atoms with Gasteiger partial charge in [0.2, 0.25) is 5.91 Å². The number of amides is 1. The van der Waals surface area contributed by atoms with Gasteiger partial charge in [-0.25, -0.2) is 4.68 Å². The third-order valence-corrected chi connectivity index (χ3v) is 4.34. The summed E-state index contributed by atoms with van der Waals surface area (Å²) >= 11 is 0. The molecule has 26 heavy (non-hydrogen) atoms. The number of hydrogen-bond acceptors (Lipinski definition) is 2. The molecule has 0 aliphatic carbocycles. The van der Waals surface area contributed by atoms with Crippen molar-refractivity contribution in [1.29, 1.82) is 0 Å². The fourth-order valence-electron chi connectivity index (χ4n) is 3.22. The molecule has 0 saturated carbocycles. The Labute approximate surface area is 154 Å². The molecule has 1 heterocycles. The summed E-state index contributed by atoms with van der Waals surface area (Å²) in [6.07, 6.45) is 1.18. The monoisotopic (exact) mass is 347 g/mol. The molecule has 2 aromatic carbocycles. The number of aryl methyl sites for hydroxylation is 5. The molecule has 0 aliphatic rings. The Morgan fingerprint density at radius 1 is 0.962 bits per heavy atom. The van der Waals surface area contributed by atoms with Crippen LogP contribution in [-0.4, -0.2) is 15.7 Å². The molecule has 0 unspecified atom stereocenters. The molecule has 0 atom stereocenters. The topological polar surface area (TPSA) is 46.9 Å². The van der Waals surface area contributed by atoms with E-state index in [9.17, 15) is 4.79 Å². The zero-order chi connectivity index (χ0) is 18.7. The third kappa shape index (κ3) is 4.39. The predicted octanol–water partition coefficient (Wildman–Crippen LogP) is 4.68. The average Bonchev–Trinajstić information content (AvgIpc) is 2.91. The first-order chi connectivity index (χ1) is 12.4. The number of benzene rings is 2. The summed E-state index contributed by atoms with van der Waals surface area (Å²) in [5.74, 6) is 0.0395. The smallest absolute Gasteiger partial charge is 0.224 e. The number of rotatable bonds is 5. The number of carbonyl (C=O) groups is 1. The molecule has 3 aromatic rings. The molecule has 0 radical (unpaired) electrons. The van der Waals surface area contributed by atoms with E-state index in [1.54, 1.807) is 0 Å². The number of aromatic nitrogens is 2. The van der Waals surface area contributed by atoms with Gasteiger partial charge in [-0.3, -0.25) is 4.79 Å². The molecule has 134 valence electrons. The number of hydrogen-bond donors (Lipinski definition) is 1. The SMILES string of the molecule is Cc1cc(C)cc(NC(=O)CCc2ccc(-n3nc(C)cc3C)cc2)c1. The van der Waals surface area contributed by atoms with Gasteiger partial charge in [-0.15, -0.1) is 0 Å². The zero-order valence-corrected chi connectivity index (χ0v) is 15.8. The number of nitrogens with zero attached hydrogens (tertiary/aromatic N) is 2. The van der Waals surface area contributed by atoms with Crippen LogP contribution in [0.1, 0.15) is 34.5 Å². The summed E-state index contributed by atoms with van der Waals surface area (Å²) in [6.45, 7) is 8.11. The molecule has 0 spiro atoms. The van der Waals surface area contributed by atoms with E-state index >= 15 is 0 Å². The van der Waals surface area contributed by atoms with Crippen LogP contribution >= 0.6 is 0 Å². The number of anilines is 1. The van der Waals surface area contributed by atoms with Crippen LogP contribution in [0, 0.1) is 27.7 Å². The summed E-state index contributed by atoms with van der Waals surface area (Å²) < 4.78 is 1.94. The fourth-order valence-corrected chi connectivity index (χ4v) is 3.22. The first kappa shape index (κ1) is 17.9. The second kappa shape index (κ2) is 7.56. The molecular weight excluding hydrogens is 322 g/mol. The Balaban J connectivity index is 1.59. The zero-order valence-electron chi connectivity index (χ0n) is 15.8. The molecule has 1 amide bonds. The van der Waals surface area contributed by atoms with E-state index in [0.717, 1.165) is 39.5 Å². The summed E-state index contributed by atoms with van der Waals surface area (Å²) in [7, 11) is 0. The third-order valence-electron chi connectivity index (χ3n) is 4.34. The molecule has 4 nitrogen and oxygen atoms in total. The maximum absolute atomic E-state index is 12.2. The number of carbonyl (C=O) groups excluding carboxylic acids is 1. The van der Waals surface area contributed by atoms with Gasteiger partial charge in [-0.05, 0) is 81.1 Å². The van der Waals surface area contributed by atoms with Crippen LogP contribution in [0.5, 0.6) is 0 Å². The maximum atomic E-state index is 12.2. The summed E-state index contributed by atoms with van der Waals surface area (Å²) in [5, 5.41) is 7.49. The molecule has 3 rings (SSSR count). The Morgan fingerprint density at radius 2 is 1.62 bits per heavy atom. The largest absolute Gasteiger partial charge is 0.326 e. The lowest BCUT2D eigenvalue weighted by Gasteiger charge is -2.08. The Bertz CT molecular complexity index is 903. The van der Waals surface area contributed by atoms with Crippen molar-refractivity contribution in [3.63, 3.8) is 0 Å². The van der Waals surface area contributed by atoms with Crippen molar-refractivity contribution in [2.24, 2.45) is 0 Å². The minimum atomic E-state index is 0.0395. The van der Waals surface area contributed by atoms with E-state index in [0.29, 0.717) is 12.8 Å². The van der Waals surface area contributed by atoms with Crippen molar-refractivity contribution in [2.45, 2.75) is 40.5 Å². The van der Waals surface area contributed by atoms with Crippen molar-refractivity contribution in [3.8, 4) is 5.69 Å². The lowest BCUT2D eigenvalue weighted by molar-refractivity contribution is -0.116. The molecule has 1 aromatic heterocycles. The minimum Gasteiger partial charge on any atom is -0.326 e. The highest BCUT2D eigenvalue weighted by Crippen LogP contribution is 2.16. The summed E-state index contributed by atoms with van der Waals surface area (Å²) in [5.41, 5.74) is 7.48.